The number of hydrogen-bond donors (Lipinski definition) is 2. The molecular weight excluding hydrogens is 345 g/mol. The van der Waals surface area contributed by atoms with Crippen molar-refractivity contribution in [3.8, 4) is 0 Å². The maximum atomic E-state index is 12.9. The molecule has 2 aromatic rings. The van der Waals surface area contributed by atoms with Crippen molar-refractivity contribution < 1.29 is 22.8 Å². The minimum Gasteiger partial charge on any atom is -0.317 e. The summed E-state index contributed by atoms with van der Waals surface area (Å²) < 4.78 is 38.6. The smallest absolute Gasteiger partial charge is 0.317 e. The Labute approximate surface area is 140 Å². The fourth-order valence-electron chi connectivity index (χ4n) is 1.93. The number of carbonyl (C=O) groups is 2. The molecule has 0 aliphatic carbocycles. The van der Waals surface area contributed by atoms with Crippen LogP contribution in [0.3, 0.4) is 0 Å². The van der Waals surface area contributed by atoms with Gasteiger partial charge in [-0.1, -0.05) is 29.8 Å². The van der Waals surface area contributed by atoms with Crippen LogP contribution in [0.25, 0.3) is 0 Å². The number of halogens is 4. The summed E-state index contributed by atoms with van der Waals surface area (Å²) in [5.74, 6) is -2.32. The van der Waals surface area contributed by atoms with Crippen molar-refractivity contribution in [2.45, 2.75) is 13.1 Å². The van der Waals surface area contributed by atoms with Gasteiger partial charge in [-0.05, 0) is 36.8 Å². The number of anilines is 2. The summed E-state index contributed by atoms with van der Waals surface area (Å²) in [5, 5.41) is 4.63. The maximum Gasteiger partial charge on any atom is 0.418 e. The Balaban J connectivity index is 2.16. The van der Waals surface area contributed by atoms with E-state index < -0.39 is 29.2 Å². The molecule has 0 bridgehead atoms. The Morgan fingerprint density at radius 3 is 2.17 bits per heavy atom. The second-order valence-electron chi connectivity index (χ2n) is 4.91. The van der Waals surface area contributed by atoms with Gasteiger partial charge in [-0.3, -0.25) is 9.59 Å². The summed E-state index contributed by atoms with van der Waals surface area (Å²) in [6.07, 6.45) is -4.65. The van der Waals surface area contributed by atoms with E-state index >= 15 is 0 Å². The van der Waals surface area contributed by atoms with Crippen molar-refractivity contribution in [1.82, 2.24) is 0 Å². The Bertz CT molecular complexity index is 791. The third kappa shape index (κ3) is 4.26. The Kier molecular flexibility index (Phi) is 5.14. The first-order valence-electron chi connectivity index (χ1n) is 6.73. The van der Waals surface area contributed by atoms with Gasteiger partial charge in [0.25, 0.3) is 0 Å². The van der Waals surface area contributed by atoms with Crippen LogP contribution in [0.1, 0.15) is 11.1 Å². The molecule has 2 rings (SSSR count). The zero-order chi connectivity index (χ0) is 17.9. The normalized spacial score (nSPS) is 11.0. The van der Waals surface area contributed by atoms with Crippen molar-refractivity contribution in [2.75, 3.05) is 10.6 Å². The molecule has 0 radical (unpaired) electrons. The van der Waals surface area contributed by atoms with Crippen LogP contribution in [0.5, 0.6) is 0 Å². The number of benzene rings is 2. The van der Waals surface area contributed by atoms with E-state index in [4.69, 9.17) is 11.6 Å². The SMILES string of the molecule is Cc1ccc(Cl)cc1NC(=O)C(=O)Nc1ccccc1C(F)(F)F. The first-order chi connectivity index (χ1) is 11.2. The van der Waals surface area contributed by atoms with E-state index in [1.54, 1.807) is 19.1 Å². The number of aryl methyl sites for hydroxylation is 1. The van der Waals surface area contributed by atoms with Gasteiger partial charge in [0.15, 0.2) is 0 Å². The maximum absolute atomic E-state index is 12.9. The highest BCUT2D eigenvalue weighted by molar-refractivity contribution is 6.44. The van der Waals surface area contributed by atoms with Crippen LogP contribution in [-0.4, -0.2) is 11.8 Å². The molecule has 0 aliphatic rings. The van der Waals surface area contributed by atoms with Gasteiger partial charge in [0, 0.05) is 10.7 Å². The van der Waals surface area contributed by atoms with Crippen molar-refractivity contribution in [3.63, 3.8) is 0 Å². The Morgan fingerprint density at radius 1 is 0.958 bits per heavy atom. The molecular formula is C16H12ClF3N2O2. The van der Waals surface area contributed by atoms with E-state index in [0.717, 1.165) is 12.1 Å². The molecule has 0 aromatic heterocycles. The van der Waals surface area contributed by atoms with E-state index in [1.807, 2.05) is 5.32 Å². The highest BCUT2D eigenvalue weighted by Gasteiger charge is 2.34. The molecule has 126 valence electrons. The largest absolute Gasteiger partial charge is 0.418 e. The number of hydrogen-bond acceptors (Lipinski definition) is 2. The van der Waals surface area contributed by atoms with Gasteiger partial charge in [0.05, 0.1) is 11.3 Å². The molecule has 0 atom stereocenters. The predicted molar refractivity (Wildman–Crippen MR) is 84.9 cm³/mol. The molecule has 0 saturated carbocycles. The summed E-state index contributed by atoms with van der Waals surface area (Å²) in [6, 6.07) is 9.07. The van der Waals surface area contributed by atoms with E-state index in [-0.39, 0.29) is 0 Å². The highest BCUT2D eigenvalue weighted by Crippen LogP contribution is 2.34. The van der Waals surface area contributed by atoms with Crippen molar-refractivity contribution >= 4 is 34.8 Å². The van der Waals surface area contributed by atoms with Gasteiger partial charge in [0.2, 0.25) is 0 Å². The number of alkyl halides is 3. The number of amides is 2. The summed E-state index contributed by atoms with van der Waals surface area (Å²) >= 11 is 5.80. The van der Waals surface area contributed by atoms with Crippen LogP contribution in [-0.2, 0) is 15.8 Å². The van der Waals surface area contributed by atoms with E-state index in [2.05, 4.69) is 5.32 Å². The van der Waals surface area contributed by atoms with Crippen LogP contribution in [0, 0.1) is 6.92 Å². The van der Waals surface area contributed by atoms with Gasteiger partial charge in [-0.15, -0.1) is 0 Å². The molecule has 0 aliphatic heterocycles. The van der Waals surface area contributed by atoms with Crippen molar-refractivity contribution in [1.29, 1.82) is 0 Å². The van der Waals surface area contributed by atoms with Crippen LogP contribution in [0.15, 0.2) is 42.5 Å². The fourth-order valence-corrected chi connectivity index (χ4v) is 2.10. The molecule has 2 aromatic carbocycles. The number of carbonyl (C=O) groups excluding carboxylic acids is 2. The van der Waals surface area contributed by atoms with E-state index in [1.165, 1.54) is 18.2 Å². The molecule has 2 N–H and O–H groups in total. The summed E-state index contributed by atoms with van der Waals surface area (Å²) in [5.41, 5.74) is -0.582. The van der Waals surface area contributed by atoms with Gasteiger partial charge >= 0.3 is 18.0 Å². The zero-order valence-electron chi connectivity index (χ0n) is 12.4. The molecule has 24 heavy (non-hydrogen) atoms. The third-order valence-electron chi connectivity index (χ3n) is 3.13. The molecule has 0 unspecified atom stereocenters. The minimum absolute atomic E-state index is 0.298. The van der Waals surface area contributed by atoms with Crippen molar-refractivity contribution in [2.24, 2.45) is 0 Å². The highest BCUT2D eigenvalue weighted by atomic mass is 35.5. The molecule has 2 amide bonds. The fraction of sp³-hybridized carbons (Fsp3) is 0.125. The molecule has 8 heteroatoms. The average Bonchev–Trinajstić information content (AvgIpc) is 2.50. The molecule has 0 fully saturated rings. The van der Waals surface area contributed by atoms with Gasteiger partial charge in [-0.2, -0.15) is 13.2 Å². The van der Waals surface area contributed by atoms with Crippen LogP contribution in [0.4, 0.5) is 24.5 Å². The van der Waals surface area contributed by atoms with Gasteiger partial charge in [0.1, 0.15) is 0 Å². The lowest BCUT2D eigenvalue weighted by molar-refractivity contribution is -0.137. The Morgan fingerprint density at radius 2 is 1.54 bits per heavy atom. The van der Waals surface area contributed by atoms with E-state index in [0.29, 0.717) is 16.3 Å². The monoisotopic (exact) mass is 356 g/mol. The second-order valence-corrected chi connectivity index (χ2v) is 5.35. The summed E-state index contributed by atoms with van der Waals surface area (Å²) in [7, 11) is 0. The van der Waals surface area contributed by atoms with Crippen LogP contribution >= 0.6 is 11.6 Å². The Hall–Kier alpha value is -2.54. The van der Waals surface area contributed by atoms with Gasteiger partial charge in [-0.25, -0.2) is 0 Å². The molecule has 0 saturated heterocycles. The van der Waals surface area contributed by atoms with E-state index in [9.17, 15) is 22.8 Å². The lowest BCUT2D eigenvalue weighted by atomic mass is 10.1. The minimum atomic E-state index is -4.65. The molecule has 0 heterocycles. The quantitative estimate of drug-likeness (QED) is 0.790. The van der Waals surface area contributed by atoms with Crippen LogP contribution in [0.2, 0.25) is 5.02 Å². The average molecular weight is 357 g/mol. The second kappa shape index (κ2) is 6.92. The number of rotatable bonds is 2. The lowest BCUT2D eigenvalue weighted by Crippen LogP contribution is -2.30. The van der Waals surface area contributed by atoms with Crippen molar-refractivity contribution in [3.05, 3.63) is 58.6 Å². The molecule has 4 nitrogen and oxygen atoms in total. The first kappa shape index (κ1) is 17.8. The topological polar surface area (TPSA) is 58.2 Å². The standard InChI is InChI=1S/C16H12ClF3N2O2/c1-9-6-7-10(17)8-13(9)22-15(24)14(23)21-12-5-3-2-4-11(12)16(18,19)20/h2-8H,1H3,(H,21,23)(H,22,24). The molecule has 0 spiro atoms. The number of nitrogens with one attached hydrogen (secondary N) is 2. The third-order valence-corrected chi connectivity index (χ3v) is 3.37. The predicted octanol–water partition coefficient (Wildman–Crippen LogP) is 4.24. The lowest BCUT2D eigenvalue weighted by Gasteiger charge is -2.13. The number of para-hydroxylation sites is 1. The van der Waals surface area contributed by atoms with Gasteiger partial charge < -0.3 is 10.6 Å². The van der Waals surface area contributed by atoms with Crippen LogP contribution < -0.4 is 10.6 Å². The first-order valence-corrected chi connectivity index (χ1v) is 7.11. The summed E-state index contributed by atoms with van der Waals surface area (Å²) in [4.78, 5) is 23.8. The zero-order valence-corrected chi connectivity index (χ0v) is 13.1. The summed E-state index contributed by atoms with van der Waals surface area (Å²) in [6.45, 7) is 1.68.